The molecule has 0 radical (unpaired) electrons. The third-order valence-corrected chi connectivity index (χ3v) is 9.73. The first-order chi connectivity index (χ1) is 21.7. The first-order valence-corrected chi connectivity index (χ1v) is 15.8. The molecule has 0 bridgehead atoms. The molecule has 13 nitrogen and oxygen atoms in total. The maximum absolute atomic E-state index is 12.2. The molecule has 1 unspecified atom stereocenters. The van der Waals surface area contributed by atoms with Gasteiger partial charge < -0.3 is 34.0 Å². The summed E-state index contributed by atoms with van der Waals surface area (Å²) >= 11 is 0. The number of aromatic nitrogens is 4. The molecule has 0 aliphatic carbocycles. The molecule has 0 saturated carbocycles. The highest BCUT2D eigenvalue weighted by atomic mass is 16.5. The number of aryl methyl sites for hydroxylation is 3. The SMILES string of the molecule is CCc1nc(N2CCN3CCN(c4cnc(N5CC6(CN(C(=O)O)CCO6)C5)nc4)CC3C2)ccc1-c1cc(C)c(=O)n(C)c1. The first-order valence-electron chi connectivity index (χ1n) is 15.8. The Hall–Kier alpha value is -4.23. The molecule has 13 heteroatoms. The van der Waals surface area contributed by atoms with E-state index in [1.54, 1.807) is 11.6 Å². The van der Waals surface area contributed by atoms with E-state index in [0.717, 1.165) is 79.6 Å². The van der Waals surface area contributed by atoms with Crippen molar-refractivity contribution in [3.63, 3.8) is 0 Å². The van der Waals surface area contributed by atoms with Gasteiger partial charge in [-0.3, -0.25) is 9.69 Å². The maximum atomic E-state index is 12.2. The van der Waals surface area contributed by atoms with E-state index in [4.69, 9.17) is 9.72 Å². The van der Waals surface area contributed by atoms with Crippen LogP contribution in [0.1, 0.15) is 18.2 Å². The lowest BCUT2D eigenvalue weighted by molar-refractivity contribution is -0.116. The van der Waals surface area contributed by atoms with Crippen molar-refractivity contribution < 1.29 is 14.6 Å². The molecular formula is C32H41N9O4. The summed E-state index contributed by atoms with van der Waals surface area (Å²) in [5.74, 6) is 1.65. The summed E-state index contributed by atoms with van der Waals surface area (Å²) in [6, 6.07) is 6.60. The normalized spacial score (nSPS) is 21.5. The molecule has 3 aromatic rings. The van der Waals surface area contributed by atoms with Crippen LogP contribution in [0.5, 0.6) is 0 Å². The summed E-state index contributed by atoms with van der Waals surface area (Å²) in [5.41, 5.74) is 4.45. The van der Waals surface area contributed by atoms with Crippen LogP contribution in [0.3, 0.4) is 0 Å². The molecule has 4 aliphatic heterocycles. The summed E-state index contributed by atoms with van der Waals surface area (Å²) in [6.45, 7) is 12.0. The van der Waals surface area contributed by atoms with Gasteiger partial charge in [-0.2, -0.15) is 0 Å². The van der Waals surface area contributed by atoms with Gasteiger partial charge in [-0.15, -0.1) is 0 Å². The van der Waals surface area contributed by atoms with E-state index in [-0.39, 0.29) is 5.56 Å². The number of pyridine rings is 2. The van der Waals surface area contributed by atoms with Crippen LogP contribution in [-0.2, 0) is 18.2 Å². The lowest BCUT2D eigenvalue weighted by Crippen LogP contribution is -2.71. The molecule has 4 aliphatic rings. The Kier molecular flexibility index (Phi) is 7.60. The molecule has 0 aromatic carbocycles. The summed E-state index contributed by atoms with van der Waals surface area (Å²) < 4.78 is 7.61. The zero-order valence-corrected chi connectivity index (χ0v) is 26.2. The molecule has 238 valence electrons. The molecular weight excluding hydrogens is 574 g/mol. The summed E-state index contributed by atoms with van der Waals surface area (Å²) in [6.07, 6.45) is 5.63. The second kappa shape index (κ2) is 11.6. The summed E-state index contributed by atoms with van der Waals surface area (Å²) in [5, 5.41) is 9.37. The largest absolute Gasteiger partial charge is 0.465 e. The number of hydrogen-bond acceptors (Lipinski definition) is 10. The average molecular weight is 616 g/mol. The Balaban J connectivity index is 0.997. The molecule has 4 saturated heterocycles. The van der Waals surface area contributed by atoms with Crippen LogP contribution in [0, 0.1) is 6.92 Å². The molecule has 1 amide bonds. The van der Waals surface area contributed by atoms with Crippen molar-refractivity contribution in [2.24, 2.45) is 7.05 Å². The van der Waals surface area contributed by atoms with Gasteiger partial charge in [-0.05, 0) is 31.5 Å². The zero-order valence-electron chi connectivity index (χ0n) is 26.2. The number of nitrogens with zero attached hydrogens (tertiary/aromatic N) is 9. The van der Waals surface area contributed by atoms with Crippen LogP contribution in [0.4, 0.5) is 22.2 Å². The Morgan fingerprint density at radius 1 is 1.02 bits per heavy atom. The Morgan fingerprint density at radius 3 is 2.47 bits per heavy atom. The third-order valence-electron chi connectivity index (χ3n) is 9.73. The van der Waals surface area contributed by atoms with Crippen molar-refractivity contribution in [2.45, 2.75) is 31.9 Å². The van der Waals surface area contributed by atoms with Gasteiger partial charge in [0.15, 0.2) is 0 Å². The monoisotopic (exact) mass is 615 g/mol. The Bertz CT molecular complexity index is 1610. The number of amides is 1. The van der Waals surface area contributed by atoms with Gasteiger partial charge in [-0.25, -0.2) is 19.7 Å². The van der Waals surface area contributed by atoms with E-state index in [2.05, 4.69) is 48.6 Å². The van der Waals surface area contributed by atoms with Crippen LogP contribution < -0.4 is 20.3 Å². The summed E-state index contributed by atoms with van der Waals surface area (Å²) in [7, 11) is 1.80. The van der Waals surface area contributed by atoms with E-state index in [1.165, 1.54) is 4.90 Å². The highest BCUT2D eigenvalue weighted by Crippen LogP contribution is 2.33. The number of piperazine rings is 2. The molecule has 3 aromatic heterocycles. The van der Waals surface area contributed by atoms with Crippen LogP contribution in [0.2, 0.25) is 0 Å². The number of carboxylic acid groups (broad SMARTS) is 1. The highest BCUT2D eigenvalue weighted by Gasteiger charge is 2.49. The second-order valence-corrected chi connectivity index (χ2v) is 12.8. The van der Waals surface area contributed by atoms with Gasteiger partial charge in [0.25, 0.3) is 5.56 Å². The lowest BCUT2D eigenvalue weighted by atomic mass is 9.92. The van der Waals surface area contributed by atoms with Crippen molar-refractivity contribution in [1.82, 2.24) is 29.3 Å². The number of anilines is 3. The predicted molar refractivity (Wildman–Crippen MR) is 171 cm³/mol. The number of rotatable bonds is 5. The van der Waals surface area contributed by atoms with Crippen molar-refractivity contribution >= 4 is 23.5 Å². The first kappa shape index (κ1) is 29.5. The van der Waals surface area contributed by atoms with Crippen molar-refractivity contribution in [1.29, 1.82) is 0 Å². The van der Waals surface area contributed by atoms with E-state index < -0.39 is 11.7 Å². The number of morpholine rings is 1. The topological polar surface area (TPSA) is 123 Å². The van der Waals surface area contributed by atoms with Gasteiger partial charge in [0.1, 0.15) is 11.4 Å². The molecule has 1 spiro atoms. The number of hydrogen-bond donors (Lipinski definition) is 1. The Morgan fingerprint density at radius 2 is 1.76 bits per heavy atom. The molecule has 4 fully saturated rings. The fourth-order valence-electron chi connectivity index (χ4n) is 7.25. The fraction of sp³-hybridized carbons (Fsp3) is 0.531. The van der Waals surface area contributed by atoms with Crippen LogP contribution in [0.15, 0.2) is 41.6 Å². The van der Waals surface area contributed by atoms with Crippen molar-refractivity contribution in [3.05, 3.63) is 58.4 Å². The van der Waals surface area contributed by atoms with Crippen LogP contribution in [0.25, 0.3) is 11.1 Å². The standard InChI is InChI=1S/C32H41N9O4/c1-4-27-26(23-13-22(2)29(42)36(3)16-23)5-6-28(35-27)39-10-8-37-7-9-38(17-25(37)18-39)24-14-33-30(34-15-24)41-20-32(21-41)19-40(31(43)44)11-12-45-32/h5-6,13-16,25H,4,7-12,17-21H2,1-3H3,(H,43,44). The average Bonchev–Trinajstić information content (AvgIpc) is 3.05. The van der Waals surface area contributed by atoms with Gasteiger partial charge in [0.2, 0.25) is 5.95 Å². The number of carbonyl (C=O) groups is 1. The highest BCUT2D eigenvalue weighted by molar-refractivity contribution is 5.68. The van der Waals surface area contributed by atoms with Gasteiger partial charge in [0.05, 0.1) is 50.0 Å². The second-order valence-electron chi connectivity index (χ2n) is 12.8. The minimum atomic E-state index is -0.897. The number of ether oxygens (including phenoxy) is 1. The van der Waals surface area contributed by atoms with Crippen molar-refractivity contribution in [3.8, 4) is 11.1 Å². The van der Waals surface area contributed by atoms with Crippen LogP contribution in [-0.4, -0.2) is 124 Å². The lowest BCUT2D eigenvalue weighted by Gasteiger charge is -2.53. The number of fused-ring (bicyclic) bond motifs is 1. The summed E-state index contributed by atoms with van der Waals surface area (Å²) in [4.78, 5) is 49.0. The van der Waals surface area contributed by atoms with E-state index >= 15 is 0 Å². The molecule has 1 N–H and O–H groups in total. The zero-order chi connectivity index (χ0) is 31.3. The van der Waals surface area contributed by atoms with Crippen molar-refractivity contribution in [2.75, 3.05) is 86.8 Å². The van der Waals surface area contributed by atoms with Gasteiger partial charge >= 0.3 is 6.09 Å². The quantitative estimate of drug-likeness (QED) is 0.451. The maximum Gasteiger partial charge on any atom is 0.407 e. The molecule has 7 rings (SSSR count). The molecule has 1 atom stereocenters. The predicted octanol–water partition coefficient (Wildman–Crippen LogP) is 1.69. The third kappa shape index (κ3) is 5.59. The smallest absolute Gasteiger partial charge is 0.407 e. The van der Waals surface area contributed by atoms with Gasteiger partial charge in [-0.1, -0.05) is 6.92 Å². The molecule has 45 heavy (non-hydrogen) atoms. The minimum Gasteiger partial charge on any atom is -0.465 e. The Labute approximate surface area is 262 Å². The van der Waals surface area contributed by atoms with Crippen LogP contribution >= 0.6 is 0 Å². The van der Waals surface area contributed by atoms with E-state index in [0.29, 0.717) is 44.8 Å². The van der Waals surface area contributed by atoms with E-state index in [1.807, 2.05) is 31.6 Å². The van der Waals surface area contributed by atoms with Gasteiger partial charge in [0, 0.05) is 81.8 Å². The minimum absolute atomic E-state index is 0.0258. The molecule has 7 heterocycles. The van der Waals surface area contributed by atoms with E-state index in [9.17, 15) is 14.7 Å². The fourth-order valence-corrected chi connectivity index (χ4v) is 7.25.